The van der Waals surface area contributed by atoms with E-state index in [1.54, 1.807) is 0 Å². The van der Waals surface area contributed by atoms with E-state index < -0.39 is 47.1 Å². The van der Waals surface area contributed by atoms with Gasteiger partial charge in [0.05, 0.1) is 5.56 Å². The van der Waals surface area contributed by atoms with Crippen LogP contribution in [0.4, 0.5) is 8.78 Å². The number of aromatic hydroxyl groups is 5. The number of hydrogen-bond acceptors (Lipinski definition) is 8. The van der Waals surface area contributed by atoms with E-state index in [4.69, 9.17) is 9.47 Å². The van der Waals surface area contributed by atoms with Gasteiger partial charge in [0.1, 0.15) is 23.4 Å². The Kier molecular flexibility index (Phi) is 5.13. The number of benzene rings is 3. The molecule has 3 aromatic carbocycles. The van der Waals surface area contributed by atoms with Gasteiger partial charge < -0.3 is 35.0 Å². The molecule has 1 aliphatic rings. The van der Waals surface area contributed by atoms with Gasteiger partial charge >= 0.3 is 5.97 Å². The van der Waals surface area contributed by atoms with Crippen molar-refractivity contribution in [3.8, 4) is 34.5 Å². The smallest absolute Gasteiger partial charge is 0.338 e. The molecule has 0 radical (unpaired) electrons. The second-order valence-corrected chi connectivity index (χ2v) is 7.16. The lowest BCUT2D eigenvalue weighted by Crippen LogP contribution is -2.34. The molecule has 2 atom stereocenters. The van der Waals surface area contributed by atoms with Crippen LogP contribution in [0.1, 0.15) is 27.6 Å². The van der Waals surface area contributed by atoms with Crippen LogP contribution in [0.3, 0.4) is 0 Å². The average molecular weight is 446 g/mol. The fourth-order valence-corrected chi connectivity index (χ4v) is 3.45. The quantitative estimate of drug-likeness (QED) is 0.305. The summed E-state index contributed by atoms with van der Waals surface area (Å²) < 4.78 is 37.9. The predicted octanol–water partition coefficient (Wildman–Crippen LogP) is 3.39. The van der Waals surface area contributed by atoms with Crippen molar-refractivity contribution in [1.82, 2.24) is 0 Å². The minimum atomic E-state index is -1.25. The molecule has 0 aromatic heterocycles. The Morgan fingerprint density at radius 2 is 1.59 bits per heavy atom. The van der Waals surface area contributed by atoms with Gasteiger partial charge in [0.2, 0.25) is 0 Å². The highest BCUT2D eigenvalue weighted by Gasteiger charge is 2.37. The number of halogens is 2. The number of carbonyl (C=O) groups is 1. The zero-order valence-electron chi connectivity index (χ0n) is 16.1. The summed E-state index contributed by atoms with van der Waals surface area (Å²) in [6.45, 7) is 0. The third-order valence-electron chi connectivity index (χ3n) is 5.00. The Morgan fingerprint density at radius 1 is 0.906 bits per heavy atom. The van der Waals surface area contributed by atoms with E-state index in [2.05, 4.69) is 0 Å². The maximum Gasteiger partial charge on any atom is 0.338 e. The summed E-state index contributed by atoms with van der Waals surface area (Å²) in [7, 11) is 0. The average Bonchev–Trinajstić information content (AvgIpc) is 2.73. The van der Waals surface area contributed by atoms with Crippen LogP contribution in [0, 0.1) is 11.6 Å². The number of hydrogen-bond donors (Lipinski definition) is 5. The van der Waals surface area contributed by atoms with E-state index in [1.165, 1.54) is 6.07 Å². The molecule has 1 aliphatic heterocycles. The third-order valence-corrected chi connectivity index (χ3v) is 5.00. The van der Waals surface area contributed by atoms with E-state index in [0.29, 0.717) is 6.07 Å². The van der Waals surface area contributed by atoms with Crippen LogP contribution in [-0.2, 0) is 11.2 Å². The largest absolute Gasteiger partial charge is 0.508 e. The lowest BCUT2D eigenvalue weighted by Gasteiger charge is -2.34. The molecule has 0 unspecified atom stereocenters. The molecule has 0 fully saturated rings. The monoisotopic (exact) mass is 446 g/mol. The van der Waals surface area contributed by atoms with E-state index >= 15 is 0 Å². The summed E-state index contributed by atoms with van der Waals surface area (Å²) in [6, 6.07) is 6.89. The molecule has 10 heteroatoms. The first-order valence-electron chi connectivity index (χ1n) is 9.26. The zero-order chi connectivity index (χ0) is 23.2. The molecule has 5 N–H and O–H groups in total. The molecule has 166 valence electrons. The molecule has 8 nitrogen and oxygen atoms in total. The number of rotatable bonds is 3. The lowest BCUT2D eigenvalue weighted by atomic mass is 9.93. The van der Waals surface area contributed by atoms with Crippen molar-refractivity contribution in [2.75, 3.05) is 0 Å². The van der Waals surface area contributed by atoms with Crippen LogP contribution in [0.25, 0.3) is 0 Å². The highest BCUT2D eigenvalue weighted by molar-refractivity contribution is 5.89. The van der Waals surface area contributed by atoms with Crippen molar-refractivity contribution in [3.05, 3.63) is 70.8 Å². The first-order valence-corrected chi connectivity index (χ1v) is 9.26. The molecule has 0 aliphatic carbocycles. The molecule has 32 heavy (non-hydrogen) atoms. The summed E-state index contributed by atoms with van der Waals surface area (Å²) in [4.78, 5) is 12.6. The molecular formula is C22H16F2O8. The van der Waals surface area contributed by atoms with E-state index in [9.17, 15) is 39.1 Å². The molecule has 0 spiro atoms. The SMILES string of the molecule is O=C(O[C@H]1Cc2c(O)cc(O)cc2O[C@@H]1c1cc(O)c(O)c(O)c1)c1ccc(F)c(F)c1. The maximum absolute atomic E-state index is 13.5. The summed E-state index contributed by atoms with van der Waals surface area (Å²) in [6.07, 6.45) is -2.46. The minimum absolute atomic E-state index is 0.0553. The standard InChI is InChI=1S/C22H16F2O8/c23-13-2-1-9(3-14(13)24)22(30)32-19-8-12-15(26)6-11(25)7-18(12)31-21(19)10-4-16(27)20(29)17(28)5-10/h1-7,19,21,25-29H,8H2/t19-,21+/m0/s1. The van der Waals surface area contributed by atoms with Crippen molar-refractivity contribution >= 4 is 5.97 Å². The number of phenolic OH excluding ortho intramolecular Hbond substituents is 5. The summed E-state index contributed by atoms with van der Waals surface area (Å²) in [5.41, 5.74) is 0.0171. The highest BCUT2D eigenvalue weighted by atomic mass is 19.2. The van der Waals surface area contributed by atoms with Gasteiger partial charge in [-0.3, -0.25) is 0 Å². The molecule has 1 heterocycles. The van der Waals surface area contributed by atoms with Gasteiger partial charge in [-0.05, 0) is 30.3 Å². The first-order chi connectivity index (χ1) is 15.1. The predicted molar refractivity (Wildman–Crippen MR) is 104 cm³/mol. The molecule has 0 saturated carbocycles. The fourth-order valence-electron chi connectivity index (χ4n) is 3.45. The number of fused-ring (bicyclic) bond motifs is 1. The number of esters is 1. The van der Waals surface area contributed by atoms with Gasteiger partial charge in [-0.25, -0.2) is 13.6 Å². The van der Waals surface area contributed by atoms with Crippen molar-refractivity contribution in [2.45, 2.75) is 18.6 Å². The zero-order valence-corrected chi connectivity index (χ0v) is 16.1. The van der Waals surface area contributed by atoms with Crippen LogP contribution in [-0.4, -0.2) is 37.6 Å². The van der Waals surface area contributed by atoms with Crippen LogP contribution in [0.15, 0.2) is 42.5 Å². The fraction of sp³-hybridized carbons (Fsp3) is 0.136. The number of ether oxygens (including phenoxy) is 2. The van der Waals surface area contributed by atoms with Crippen molar-refractivity contribution in [3.63, 3.8) is 0 Å². The van der Waals surface area contributed by atoms with Crippen molar-refractivity contribution < 1.29 is 48.6 Å². The van der Waals surface area contributed by atoms with Crippen molar-refractivity contribution in [1.29, 1.82) is 0 Å². The summed E-state index contributed by atoms with van der Waals surface area (Å²) in [5, 5.41) is 49.3. The normalized spacial score (nSPS) is 17.3. The molecule has 0 saturated heterocycles. The third kappa shape index (κ3) is 3.78. The molecule has 0 amide bonds. The maximum atomic E-state index is 13.5. The highest BCUT2D eigenvalue weighted by Crippen LogP contribution is 2.45. The van der Waals surface area contributed by atoms with Gasteiger partial charge in [0, 0.05) is 29.7 Å². The number of phenols is 5. The van der Waals surface area contributed by atoms with E-state index in [0.717, 1.165) is 30.3 Å². The minimum Gasteiger partial charge on any atom is -0.508 e. The van der Waals surface area contributed by atoms with Crippen molar-refractivity contribution in [2.24, 2.45) is 0 Å². The number of carbonyl (C=O) groups excluding carboxylic acids is 1. The van der Waals surface area contributed by atoms with Gasteiger partial charge in [-0.2, -0.15) is 0 Å². The second kappa shape index (κ2) is 7.80. The Bertz CT molecular complexity index is 1200. The first kappa shape index (κ1) is 21.0. The lowest BCUT2D eigenvalue weighted by molar-refractivity contribution is -0.0189. The Hall–Kier alpha value is -4.21. The topological polar surface area (TPSA) is 137 Å². The Morgan fingerprint density at radius 3 is 2.25 bits per heavy atom. The molecule has 0 bridgehead atoms. The van der Waals surface area contributed by atoms with Crippen LogP contribution in [0.2, 0.25) is 0 Å². The van der Waals surface area contributed by atoms with Gasteiger partial charge in [-0.1, -0.05) is 0 Å². The summed E-state index contributed by atoms with van der Waals surface area (Å²) >= 11 is 0. The second-order valence-electron chi connectivity index (χ2n) is 7.16. The summed E-state index contributed by atoms with van der Waals surface area (Å²) in [5.74, 6) is -6.08. The van der Waals surface area contributed by atoms with Gasteiger partial charge in [-0.15, -0.1) is 0 Å². The van der Waals surface area contributed by atoms with E-state index in [1.807, 2.05) is 0 Å². The van der Waals surface area contributed by atoms with Crippen LogP contribution >= 0.6 is 0 Å². The van der Waals surface area contributed by atoms with Gasteiger partial charge in [0.25, 0.3) is 0 Å². The Labute approximate surface area is 179 Å². The molecular weight excluding hydrogens is 430 g/mol. The van der Waals surface area contributed by atoms with Crippen LogP contribution in [0.5, 0.6) is 34.5 Å². The Balaban J connectivity index is 1.74. The molecule has 4 rings (SSSR count). The van der Waals surface area contributed by atoms with Gasteiger partial charge in [0.15, 0.2) is 35.0 Å². The van der Waals surface area contributed by atoms with Crippen LogP contribution < -0.4 is 4.74 Å². The molecule has 3 aromatic rings. The van der Waals surface area contributed by atoms with E-state index in [-0.39, 0.29) is 40.4 Å².